The fourth-order valence-electron chi connectivity index (χ4n) is 1.32. The van der Waals surface area contributed by atoms with Gasteiger partial charge < -0.3 is 9.15 Å². The van der Waals surface area contributed by atoms with Gasteiger partial charge in [-0.2, -0.15) is 0 Å². The van der Waals surface area contributed by atoms with E-state index in [4.69, 9.17) is 4.42 Å². The minimum Gasteiger partial charge on any atom is -0.450 e. The predicted molar refractivity (Wildman–Crippen MR) is 73.4 cm³/mol. The maximum Gasteiger partial charge on any atom is 0.413 e. The smallest absolute Gasteiger partial charge is 0.413 e. The number of imide groups is 1. The van der Waals surface area contributed by atoms with E-state index in [0.29, 0.717) is 11.5 Å². The van der Waals surface area contributed by atoms with Crippen LogP contribution in [-0.2, 0) is 9.53 Å². The molecule has 2 aromatic heterocycles. The molecule has 0 aliphatic rings. The summed E-state index contributed by atoms with van der Waals surface area (Å²) in [6.07, 6.45) is 2.45. The topological polar surface area (TPSA) is 107 Å². The van der Waals surface area contributed by atoms with Crippen molar-refractivity contribution in [1.29, 1.82) is 0 Å². The monoisotopic (exact) mass is 308 g/mol. The van der Waals surface area contributed by atoms with E-state index in [1.807, 2.05) is 0 Å². The molecule has 0 saturated carbocycles. The maximum atomic E-state index is 11.4. The van der Waals surface area contributed by atoms with Crippen LogP contribution in [-0.4, -0.2) is 39.5 Å². The van der Waals surface area contributed by atoms with E-state index < -0.39 is 12.0 Å². The summed E-state index contributed by atoms with van der Waals surface area (Å²) < 4.78 is 9.97. The molecule has 0 spiro atoms. The average Bonchev–Trinajstić information content (AvgIpc) is 2.95. The predicted octanol–water partition coefficient (Wildman–Crippen LogP) is 1.50. The Morgan fingerprint density at radius 3 is 3.00 bits per heavy atom. The van der Waals surface area contributed by atoms with Gasteiger partial charge in [-0.3, -0.25) is 15.1 Å². The zero-order valence-electron chi connectivity index (χ0n) is 11.1. The second-order valence-corrected chi connectivity index (χ2v) is 4.60. The minimum absolute atomic E-state index is 0.0342. The summed E-state index contributed by atoms with van der Waals surface area (Å²) in [4.78, 5) is 26.4. The first kappa shape index (κ1) is 15.0. The van der Waals surface area contributed by atoms with Crippen LogP contribution in [0.4, 0.5) is 4.79 Å². The highest BCUT2D eigenvalue weighted by Gasteiger charge is 2.13. The summed E-state index contributed by atoms with van der Waals surface area (Å²) >= 11 is 1.02. The van der Waals surface area contributed by atoms with Crippen LogP contribution in [0.1, 0.15) is 6.92 Å². The van der Waals surface area contributed by atoms with Crippen LogP contribution in [0.25, 0.3) is 11.5 Å². The first-order chi connectivity index (χ1) is 10.2. The van der Waals surface area contributed by atoms with Crippen molar-refractivity contribution in [2.75, 3.05) is 12.4 Å². The molecule has 2 rings (SSSR count). The number of nitrogens with zero attached hydrogens (tertiary/aromatic N) is 3. The quantitative estimate of drug-likeness (QED) is 0.828. The van der Waals surface area contributed by atoms with E-state index in [9.17, 15) is 9.59 Å². The number of ether oxygens (including phenoxy) is 1. The molecule has 21 heavy (non-hydrogen) atoms. The summed E-state index contributed by atoms with van der Waals surface area (Å²) in [5.74, 6) is -0.219. The maximum absolute atomic E-state index is 11.4. The Bertz CT molecular complexity index is 617. The van der Waals surface area contributed by atoms with Crippen molar-refractivity contribution in [3.05, 3.63) is 24.5 Å². The first-order valence-electron chi connectivity index (χ1n) is 6.02. The van der Waals surface area contributed by atoms with E-state index in [0.717, 1.165) is 11.8 Å². The van der Waals surface area contributed by atoms with Crippen molar-refractivity contribution >= 4 is 23.8 Å². The number of alkyl carbamates (subject to hydrolysis) is 1. The van der Waals surface area contributed by atoms with Crippen LogP contribution >= 0.6 is 11.8 Å². The molecule has 2 aromatic rings. The first-order valence-corrected chi connectivity index (χ1v) is 7.01. The number of carbonyl (C=O) groups excluding carboxylic acids is 2. The van der Waals surface area contributed by atoms with Crippen molar-refractivity contribution in [1.82, 2.24) is 20.5 Å². The third-order valence-corrected chi connectivity index (χ3v) is 2.98. The van der Waals surface area contributed by atoms with E-state index in [1.165, 1.54) is 0 Å². The number of pyridine rings is 1. The number of carbonyl (C=O) groups is 2. The lowest BCUT2D eigenvalue weighted by Gasteiger charge is -2.02. The van der Waals surface area contributed by atoms with Gasteiger partial charge in [0.2, 0.25) is 11.8 Å². The summed E-state index contributed by atoms with van der Waals surface area (Å²) in [5, 5.41) is 9.95. The lowest BCUT2D eigenvalue weighted by molar-refractivity contribution is -0.117. The molecule has 2 amide bonds. The van der Waals surface area contributed by atoms with Crippen molar-refractivity contribution in [3.8, 4) is 11.5 Å². The highest BCUT2D eigenvalue weighted by atomic mass is 32.2. The number of aromatic nitrogens is 3. The van der Waals surface area contributed by atoms with Crippen LogP contribution in [0.15, 0.2) is 34.2 Å². The van der Waals surface area contributed by atoms with Gasteiger partial charge in [0.1, 0.15) is 0 Å². The summed E-state index contributed by atoms with van der Waals surface area (Å²) in [6, 6.07) is 3.53. The average molecular weight is 308 g/mol. The van der Waals surface area contributed by atoms with E-state index in [1.54, 1.807) is 31.5 Å². The second kappa shape index (κ2) is 7.39. The Morgan fingerprint density at radius 2 is 2.29 bits per heavy atom. The van der Waals surface area contributed by atoms with Gasteiger partial charge in [-0.25, -0.2) is 4.79 Å². The molecule has 0 bridgehead atoms. The van der Waals surface area contributed by atoms with Crippen molar-refractivity contribution in [3.63, 3.8) is 0 Å². The molecule has 1 N–H and O–H groups in total. The van der Waals surface area contributed by atoms with Crippen molar-refractivity contribution in [2.24, 2.45) is 0 Å². The largest absolute Gasteiger partial charge is 0.450 e. The Kier molecular flexibility index (Phi) is 5.27. The van der Waals surface area contributed by atoms with Gasteiger partial charge in [0.25, 0.3) is 5.22 Å². The van der Waals surface area contributed by atoms with Gasteiger partial charge in [-0.1, -0.05) is 11.8 Å². The highest BCUT2D eigenvalue weighted by Crippen LogP contribution is 2.22. The standard InChI is InChI=1S/C12H12N4O4S/c1-2-19-11(18)14-9(17)7-21-12-16-15-10(20-12)8-4-3-5-13-6-8/h3-6H,2,7H2,1H3,(H,14,17,18). The van der Waals surface area contributed by atoms with E-state index in [2.05, 4.69) is 25.2 Å². The molecular weight excluding hydrogens is 296 g/mol. The number of nitrogens with one attached hydrogen (secondary N) is 1. The fraction of sp³-hybridized carbons (Fsp3) is 0.250. The SMILES string of the molecule is CCOC(=O)NC(=O)CSc1nnc(-c2cccnc2)o1. The number of thioether (sulfide) groups is 1. The highest BCUT2D eigenvalue weighted by molar-refractivity contribution is 7.99. The molecule has 0 aromatic carbocycles. The van der Waals surface area contributed by atoms with Crippen molar-refractivity contribution in [2.45, 2.75) is 12.1 Å². The second-order valence-electron chi connectivity index (χ2n) is 3.67. The zero-order chi connectivity index (χ0) is 15.1. The van der Waals surface area contributed by atoms with Crippen LogP contribution in [0, 0.1) is 0 Å². The number of amides is 2. The van der Waals surface area contributed by atoms with Gasteiger partial charge in [-0.05, 0) is 19.1 Å². The van der Waals surface area contributed by atoms with Crippen LogP contribution in [0.5, 0.6) is 0 Å². The molecule has 2 heterocycles. The molecule has 0 unspecified atom stereocenters. The fourth-order valence-corrected chi connectivity index (χ4v) is 1.88. The van der Waals surface area contributed by atoms with Gasteiger partial charge in [-0.15, -0.1) is 10.2 Å². The third kappa shape index (κ3) is 4.56. The van der Waals surface area contributed by atoms with Crippen molar-refractivity contribution < 1.29 is 18.7 Å². The Morgan fingerprint density at radius 1 is 1.43 bits per heavy atom. The van der Waals surface area contributed by atoms with Crippen LogP contribution in [0.2, 0.25) is 0 Å². The number of hydrogen-bond donors (Lipinski definition) is 1. The molecule has 9 heteroatoms. The molecule has 8 nitrogen and oxygen atoms in total. The molecule has 0 radical (unpaired) electrons. The Hall–Kier alpha value is -2.42. The Balaban J connectivity index is 1.86. The van der Waals surface area contributed by atoms with Gasteiger partial charge >= 0.3 is 6.09 Å². The lowest BCUT2D eigenvalue weighted by Crippen LogP contribution is -2.32. The van der Waals surface area contributed by atoms with E-state index >= 15 is 0 Å². The van der Waals surface area contributed by atoms with Crippen LogP contribution in [0.3, 0.4) is 0 Å². The minimum atomic E-state index is -0.773. The summed E-state index contributed by atoms with van der Waals surface area (Å²) in [6.45, 7) is 1.85. The molecule has 0 atom stereocenters. The number of rotatable bonds is 5. The van der Waals surface area contributed by atoms with Crippen LogP contribution < -0.4 is 5.32 Å². The van der Waals surface area contributed by atoms with Gasteiger partial charge in [0.05, 0.1) is 17.9 Å². The summed E-state index contributed by atoms with van der Waals surface area (Å²) in [5.41, 5.74) is 0.688. The molecule has 0 fully saturated rings. The zero-order valence-corrected chi connectivity index (χ0v) is 11.9. The van der Waals surface area contributed by atoms with Gasteiger partial charge in [0.15, 0.2) is 0 Å². The molecule has 110 valence electrons. The van der Waals surface area contributed by atoms with Gasteiger partial charge in [0, 0.05) is 12.4 Å². The molecule has 0 saturated heterocycles. The third-order valence-electron chi connectivity index (χ3n) is 2.16. The Labute approximate surface area is 124 Å². The molecular formula is C12H12N4O4S. The van der Waals surface area contributed by atoms with E-state index in [-0.39, 0.29) is 17.6 Å². The summed E-state index contributed by atoms with van der Waals surface area (Å²) in [7, 11) is 0. The molecule has 0 aliphatic heterocycles. The number of hydrogen-bond acceptors (Lipinski definition) is 8. The normalized spacial score (nSPS) is 10.1. The molecule has 0 aliphatic carbocycles. The lowest BCUT2D eigenvalue weighted by atomic mass is 10.3.